The Morgan fingerprint density at radius 1 is 0.272 bits per heavy atom. The van der Waals surface area contributed by atoms with Gasteiger partial charge < -0.3 is 9.47 Å². The van der Waals surface area contributed by atoms with E-state index in [2.05, 4.69) is 315 Å². The highest BCUT2D eigenvalue weighted by molar-refractivity contribution is 6.30. The molecule has 0 bridgehead atoms. The largest absolute Gasteiger partial charge is 0.309 e. The van der Waals surface area contributed by atoms with Crippen molar-refractivity contribution >= 4 is 82.0 Å². The number of anilines is 3. The fourth-order valence-corrected chi connectivity index (χ4v) is 13.8. The fourth-order valence-electron chi connectivity index (χ4n) is 13.8. The lowest BCUT2D eigenvalue weighted by Gasteiger charge is -2.30. The highest BCUT2D eigenvalue weighted by Crippen LogP contribution is 2.54. The molecular weight excluding hydrogens is 977 g/mol. The SMILES string of the molecule is CC1(C)c2ccccc2-c2ccc(-c3c4ccccc4c(-c4c5ccccc5c(N(c5ccccc5)c5ccc(-n6c7ccc(-c8ccccc8)cc7c7cc(-c8ccccc8)ccc76)cc5)c5ccccc45)c4ccccc34)cc21. The van der Waals surface area contributed by atoms with E-state index in [0.717, 1.165) is 22.7 Å². The second-order valence-electron chi connectivity index (χ2n) is 22.3. The van der Waals surface area contributed by atoms with E-state index in [4.69, 9.17) is 0 Å². The molecule has 0 amide bonds. The van der Waals surface area contributed by atoms with Crippen molar-refractivity contribution < 1.29 is 0 Å². The standard InChI is InChI=1S/C79H54N2/c1-79(2)71-37-21-20-28-59(71)60-45-38-55(50-72(60)79)75-61-29-12-14-31-63(61)76(64-32-15-13-30-62(64)75)77-65-33-16-18-35-67(65)78(68-36-19-17-34-66(68)77)80(56-26-10-5-11-27-56)57-41-43-58(44-42-57)81-73-46-39-53(51-22-6-3-7-23-51)48-69(73)70-49-54(40-47-74(70)81)52-24-8-4-9-25-52/h3-50H,1-2H3. The van der Waals surface area contributed by atoms with Crippen molar-refractivity contribution in [3.8, 4) is 61.3 Å². The number of benzene rings is 14. The van der Waals surface area contributed by atoms with Crippen LogP contribution in [0.5, 0.6) is 0 Å². The Labute approximate surface area is 471 Å². The Balaban J connectivity index is 0.890. The highest BCUT2D eigenvalue weighted by atomic mass is 15.1. The predicted molar refractivity (Wildman–Crippen MR) is 345 cm³/mol. The molecule has 2 nitrogen and oxygen atoms in total. The van der Waals surface area contributed by atoms with Gasteiger partial charge in [-0.25, -0.2) is 0 Å². The normalized spacial score (nSPS) is 12.7. The molecule has 1 aliphatic carbocycles. The molecule has 380 valence electrons. The number of rotatable bonds is 8. The lowest BCUT2D eigenvalue weighted by Crippen LogP contribution is -2.14. The van der Waals surface area contributed by atoms with Crippen molar-refractivity contribution in [2.45, 2.75) is 19.3 Å². The molecule has 0 fully saturated rings. The average molecular weight is 1030 g/mol. The third-order valence-corrected chi connectivity index (χ3v) is 17.5. The average Bonchev–Trinajstić information content (AvgIpc) is 4.06. The third-order valence-electron chi connectivity index (χ3n) is 17.5. The summed E-state index contributed by atoms with van der Waals surface area (Å²) in [7, 11) is 0. The van der Waals surface area contributed by atoms with Crippen LogP contribution >= 0.6 is 0 Å². The molecule has 16 rings (SSSR count). The van der Waals surface area contributed by atoms with Gasteiger partial charge in [0.2, 0.25) is 0 Å². The van der Waals surface area contributed by atoms with Gasteiger partial charge in [-0.3, -0.25) is 0 Å². The fraction of sp³-hybridized carbons (Fsp3) is 0.0380. The molecule has 0 unspecified atom stereocenters. The number of fused-ring (bicyclic) bond motifs is 10. The molecule has 0 spiro atoms. The first-order chi connectivity index (χ1) is 40.0. The highest BCUT2D eigenvalue weighted by Gasteiger charge is 2.36. The van der Waals surface area contributed by atoms with Gasteiger partial charge in [0.1, 0.15) is 0 Å². The van der Waals surface area contributed by atoms with E-state index in [1.165, 1.54) is 132 Å². The molecule has 2 heteroatoms. The van der Waals surface area contributed by atoms with E-state index in [1.54, 1.807) is 0 Å². The lowest BCUT2D eigenvalue weighted by atomic mass is 9.80. The maximum atomic E-state index is 2.49. The Morgan fingerprint density at radius 3 is 1.19 bits per heavy atom. The topological polar surface area (TPSA) is 8.17 Å². The predicted octanol–water partition coefficient (Wildman–Crippen LogP) is 21.8. The molecule has 1 heterocycles. The maximum Gasteiger partial charge on any atom is 0.0618 e. The Bertz CT molecular complexity index is 4780. The minimum atomic E-state index is -0.115. The number of nitrogens with zero attached hydrogens (tertiary/aromatic N) is 2. The van der Waals surface area contributed by atoms with E-state index in [-0.39, 0.29) is 5.41 Å². The van der Waals surface area contributed by atoms with Crippen LogP contribution in [-0.2, 0) is 5.41 Å². The van der Waals surface area contributed by atoms with Crippen LogP contribution in [-0.4, -0.2) is 4.57 Å². The van der Waals surface area contributed by atoms with Crippen LogP contribution in [0.2, 0.25) is 0 Å². The van der Waals surface area contributed by atoms with Crippen LogP contribution in [0.3, 0.4) is 0 Å². The Kier molecular flexibility index (Phi) is 10.6. The van der Waals surface area contributed by atoms with Crippen molar-refractivity contribution in [3.05, 3.63) is 302 Å². The molecule has 0 N–H and O–H groups in total. The van der Waals surface area contributed by atoms with Crippen molar-refractivity contribution in [2.24, 2.45) is 0 Å². The van der Waals surface area contributed by atoms with Gasteiger partial charge in [0.25, 0.3) is 0 Å². The molecule has 0 aliphatic heterocycles. The van der Waals surface area contributed by atoms with Gasteiger partial charge in [-0.05, 0) is 166 Å². The molecule has 1 aliphatic rings. The van der Waals surface area contributed by atoms with E-state index in [1.807, 2.05) is 0 Å². The number of hydrogen-bond donors (Lipinski definition) is 0. The summed E-state index contributed by atoms with van der Waals surface area (Å²) >= 11 is 0. The minimum Gasteiger partial charge on any atom is -0.309 e. The first-order valence-electron chi connectivity index (χ1n) is 28.2. The number of aromatic nitrogens is 1. The second kappa shape index (κ2) is 18.4. The first-order valence-corrected chi connectivity index (χ1v) is 28.2. The third kappa shape index (κ3) is 7.27. The zero-order chi connectivity index (χ0) is 53.8. The molecule has 0 atom stereocenters. The second-order valence-corrected chi connectivity index (χ2v) is 22.3. The van der Waals surface area contributed by atoms with Crippen molar-refractivity contribution in [1.82, 2.24) is 4.57 Å². The van der Waals surface area contributed by atoms with Crippen LogP contribution in [0.15, 0.2) is 291 Å². The maximum absolute atomic E-state index is 2.49. The summed E-state index contributed by atoms with van der Waals surface area (Å²) in [5, 5.41) is 12.2. The quantitative estimate of drug-likeness (QED) is 0.138. The molecule has 0 saturated heterocycles. The minimum absolute atomic E-state index is 0.115. The molecule has 0 saturated carbocycles. The van der Waals surface area contributed by atoms with Gasteiger partial charge in [0, 0.05) is 44.0 Å². The number of para-hydroxylation sites is 1. The summed E-state index contributed by atoms with van der Waals surface area (Å²) in [5.74, 6) is 0. The first kappa shape index (κ1) is 46.8. The van der Waals surface area contributed by atoms with Gasteiger partial charge in [-0.2, -0.15) is 0 Å². The van der Waals surface area contributed by atoms with E-state index >= 15 is 0 Å². The van der Waals surface area contributed by atoms with Gasteiger partial charge in [0.05, 0.1) is 16.7 Å². The molecule has 14 aromatic carbocycles. The molecule has 1 aromatic heterocycles. The van der Waals surface area contributed by atoms with E-state index in [0.29, 0.717) is 0 Å². The zero-order valence-electron chi connectivity index (χ0n) is 45.1. The van der Waals surface area contributed by atoms with Crippen LogP contribution in [0.25, 0.3) is 126 Å². The van der Waals surface area contributed by atoms with Crippen molar-refractivity contribution in [2.75, 3.05) is 4.90 Å². The van der Waals surface area contributed by atoms with E-state index < -0.39 is 0 Å². The summed E-state index contributed by atoms with van der Waals surface area (Å²) in [4.78, 5) is 2.48. The summed E-state index contributed by atoms with van der Waals surface area (Å²) in [6.45, 7) is 4.76. The van der Waals surface area contributed by atoms with Gasteiger partial charge in [-0.1, -0.05) is 238 Å². The summed E-state index contributed by atoms with van der Waals surface area (Å²) in [6.07, 6.45) is 0. The smallest absolute Gasteiger partial charge is 0.0618 e. The van der Waals surface area contributed by atoms with Gasteiger partial charge in [-0.15, -0.1) is 0 Å². The number of hydrogen-bond acceptors (Lipinski definition) is 1. The Morgan fingerprint density at radius 2 is 0.667 bits per heavy atom. The van der Waals surface area contributed by atoms with Gasteiger partial charge in [0.15, 0.2) is 0 Å². The van der Waals surface area contributed by atoms with E-state index in [9.17, 15) is 0 Å². The lowest BCUT2D eigenvalue weighted by molar-refractivity contribution is 0.660. The van der Waals surface area contributed by atoms with Crippen molar-refractivity contribution in [3.63, 3.8) is 0 Å². The van der Waals surface area contributed by atoms with Crippen LogP contribution in [0.4, 0.5) is 17.1 Å². The summed E-state index contributed by atoms with van der Waals surface area (Å²) < 4.78 is 2.44. The Hall–Kier alpha value is -10.3. The summed E-state index contributed by atoms with van der Waals surface area (Å²) in [6, 6.07) is 108. The molecule has 81 heavy (non-hydrogen) atoms. The van der Waals surface area contributed by atoms with Gasteiger partial charge >= 0.3 is 0 Å². The van der Waals surface area contributed by atoms with Crippen LogP contribution in [0, 0.1) is 0 Å². The molecular formula is C79H54N2. The summed E-state index contributed by atoms with van der Waals surface area (Å²) in [5.41, 5.74) is 21.9. The molecule has 15 aromatic rings. The van der Waals surface area contributed by atoms with Crippen LogP contribution < -0.4 is 4.90 Å². The zero-order valence-corrected chi connectivity index (χ0v) is 45.1. The monoisotopic (exact) mass is 1030 g/mol. The van der Waals surface area contributed by atoms with Crippen LogP contribution in [0.1, 0.15) is 25.0 Å². The van der Waals surface area contributed by atoms with Crippen molar-refractivity contribution in [1.29, 1.82) is 0 Å². The molecule has 0 radical (unpaired) electrons.